The fraction of sp³-hybridized carbons (Fsp3) is 0.750. The lowest BCUT2D eigenvalue weighted by Gasteiger charge is -2.37. The second kappa shape index (κ2) is 8.58. The molecule has 5 nitrogen and oxygen atoms in total. The molecular formula is C16H27NO4S. The molecule has 1 aliphatic heterocycles. The minimum Gasteiger partial charge on any atom is -0.458 e. The largest absolute Gasteiger partial charge is 0.458 e. The number of carbonyl (C=O) groups excluding carboxylic acids is 2. The first-order valence-electron chi connectivity index (χ1n) is 7.83. The van der Waals surface area contributed by atoms with Crippen molar-refractivity contribution in [3.05, 3.63) is 12.2 Å². The molecule has 1 rings (SSSR count). The molecule has 0 aromatic rings. The summed E-state index contributed by atoms with van der Waals surface area (Å²) in [6.45, 7) is 6.06. The van der Waals surface area contributed by atoms with Gasteiger partial charge < -0.3 is 15.2 Å². The molecule has 22 heavy (non-hydrogen) atoms. The van der Waals surface area contributed by atoms with Gasteiger partial charge in [0.25, 0.3) is 6.47 Å². The lowest BCUT2D eigenvalue weighted by molar-refractivity contribution is -0.152. The van der Waals surface area contributed by atoms with Crippen molar-refractivity contribution in [2.45, 2.75) is 57.8 Å². The van der Waals surface area contributed by atoms with Crippen LogP contribution >= 0.6 is 12.6 Å². The van der Waals surface area contributed by atoms with Gasteiger partial charge in [0.05, 0.1) is 18.1 Å². The van der Waals surface area contributed by atoms with Crippen LogP contribution in [0.1, 0.15) is 40.0 Å². The van der Waals surface area contributed by atoms with E-state index in [1.165, 1.54) is 0 Å². The summed E-state index contributed by atoms with van der Waals surface area (Å²) in [7, 11) is 0. The number of hydrogen-bond donors (Lipinski definition) is 3. The van der Waals surface area contributed by atoms with Crippen molar-refractivity contribution < 1.29 is 19.4 Å². The molecule has 1 fully saturated rings. The van der Waals surface area contributed by atoms with Crippen LogP contribution in [0.2, 0.25) is 0 Å². The molecule has 0 aliphatic carbocycles. The Hall–Kier alpha value is -1.01. The number of rotatable bonds is 9. The monoisotopic (exact) mass is 329 g/mol. The predicted molar refractivity (Wildman–Crippen MR) is 88.7 cm³/mol. The van der Waals surface area contributed by atoms with Crippen LogP contribution in [0, 0.1) is 11.8 Å². The van der Waals surface area contributed by atoms with E-state index in [1.807, 2.05) is 26.0 Å². The van der Waals surface area contributed by atoms with Gasteiger partial charge in [-0.1, -0.05) is 26.0 Å². The Morgan fingerprint density at radius 1 is 1.50 bits per heavy atom. The lowest BCUT2D eigenvalue weighted by atomic mass is 9.79. The van der Waals surface area contributed by atoms with Gasteiger partial charge in [-0.25, -0.2) is 0 Å². The van der Waals surface area contributed by atoms with Gasteiger partial charge in [-0.3, -0.25) is 9.59 Å². The van der Waals surface area contributed by atoms with E-state index < -0.39 is 23.7 Å². The zero-order chi connectivity index (χ0) is 16.8. The molecule has 1 heterocycles. The Balaban J connectivity index is 3.06. The Morgan fingerprint density at radius 3 is 2.68 bits per heavy atom. The summed E-state index contributed by atoms with van der Waals surface area (Å²) in [5, 5.41) is 13.5. The molecule has 5 atom stereocenters. The molecule has 0 aromatic carbocycles. The maximum atomic E-state index is 12.2. The van der Waals surface area contributed by atoms with Crippen molar-refractivity contribution >= 4 is 25.0 Å². The van der Waals surface area contributed by atoms with E-state index in [1.54, 1.807) is 6.92 Å². The highest BCUT2D eigenvalue weighted by atomic mass is 32.1. The Labute approximate surface area is 137 Å². The first-order valence-corrected chi connectivity index (χ1v) is 8.46. The number of aliphatic hydroxyl groups is 1. The number of thiol groups is 1. The summed E-state index contributed by atoms with van der Waals surface area (Å²) >= 11 is 4.17. The average molecular weight is 329 g/mol. The van der Waals surface area contributed by atoms with E-state index in [9.17, 15) is 14.7 Å². The summed E-state index contributed by atoms with van der Waals surface area (Å²) in [4.78, 5) is 23.2. The van der Waals surface area contributed by atoms with Crippen molar-refractivity contribution in [2.24, 2.45) is 11.8 Å². The SMILES string of the molecule is CC/C=C\[C@H](CC)[C@H](O)[C@@H]1NC(=O)[C@H](CCS)[C@]1(C)OC=O. The summed E-state index contributed by atoms with van der Waals surface area (Å²) in [5.41, 5.74) is -1.06. The van der Waals surface area contributed by atoms with E-state index in [0.29, 0.717) is 18.6 Å². The number of carbonyl (C=O) groups is 2. The zero-order valence-electron chi connectivity index (χ0n) is 13.5. The van der Waals surface area contributed by atoms with Crippen molar-refractivity contribution in [3.63, 3.8) is 0 Å². The molecule has 0 saturated carbocycles. The first-order chi connectivity index (χ1) is 10.5. The molecule has 6 heteroatoms. The predicted octanol–water partition coefficient (Wildman–Crippen LogP) is 1.71. The maximum absolute atomic E-state index is 12.2. The summed E-state index contributed by atoms with van der Waals surface area (Å²) in [5.74, 6) is -0.292. The van der Waals surface area contributed by atoms with Crippen LogP contribution in [0.15, 0.2) is 12.2 Å². The zero-order valence-corrected chi connectivity index (χ0v) is 14.4. The number of amides is 1. The highest BCUT2D eigenvalue weighted by molar-refractivity contribution is 7.80. The quantitative estimate of drug-likeness (QED) is 0.342. The highest BCUT2D eigenvalue weighted by Gasteiger charge is 2.56. The summed E-state index contributed by atoms with van der Waals surface area (Å²) in [6, 6.07) is -0.624. The standard InChI is InChI=1S/C16H27NO4S/c1-4-6-7-11(5-2)13(19)14-16(3,21-10-18)12(8-9-22)15(20)17-14/h6-7,10-14,19,22H,4-5,8-9H2,1-3H3,(H,17,20)/b7-6-/t11-,12-,13-,14-,16-/m0/s1. The molecule has 126 valence electrons. The average Bonchev–Trinajstić information content (AvgIpc) is 2.73. The third-order valence-corrected chi connectivity index (χ3v) is 4.77. The first kappa shape index (κ1) is 19.0. The van der Waals surface area contributed by atoms with Crippen LogP contribution in [0.3, 0.4) is 0 Å². The molecule has 0 spiro atoms. The van der Waals surface area contributed by atoms with E-state index in [4.69, 9.17) is 4.74 Å². The smallest absolute Gasteiger partial charge is 0.293 e. The van der Waals surface area contributed by atoms with Crippen molar-refractivity contribution in [3.8, 4) is 0 Å². The van der Waals surface area contributed by atoms with Crippen LogP contribution in [0.4, 0.5) is 0 Å². The number of ether oxygens (including phenoxy) is 1. The van der Waals surface area contributed by atoms with Gasteiger partial charge >= 0.3 is 0 Å². The summed E-state index contributed by atoms with van der Waals surface area (Å²) < 4.78 is 5.28. The van der Waals surface area contributed by atoms with Crippen LogP contribution in [0.25, 0.3) is 0 Å². The topological polar surface area (TPSA) is 75.6 Å². The fourth-order valence-corrected chi connectivity index (χ4v) is 3.41. The van der Waals surface area contributed by atoms with Gasteiger partial charge in [0.1, 0.15) is 5.60 Å². The van der Waals surface area contributed by atoms with E-state index in [2.05, 4.69) is 17.9 Å². The van der Waals surface area contributed by atoms with Gasteiger partial charge in [-0.2, -0.15) is 12.6 Å². The second-order valence-electron chi connectivity index (χ2n) is 5.85. The molecule has 0 aromatic heterocycles. The van der Waals surface area contributed by atoms with E-state index in [-0.39, 0.29) is 11.8 Å². The van der Waals surface area contributed by atoms with Gasteiger partial charge in [0.15, 0.2) is 0 Å². The third-order valence-electron chi connectivity index (χ3n) is 4.51. The number of allylic oxidation sites excluding steroid dienone is 1. The van der Waals surface area contributed by atoms with Crippen LogP contribution in [-0.4, -0.2) is 41.0 Å². The van der Waals surface area contributed by atoms with Gasteiger partial charge in [0, 0.05) is 5.92 Å². The molecule has 1 saturated heterocycles. The lowest BCUT2D eigenvalue weighted by Crippen LogP contribution is -2.54. The Morgan fingerprint density at radius 2 is 2.18 bits per heavy atom. The van der Waals surface area contributed by atoms with E-state index in [0.717, 1.165) is 12.8 Å². The van der Waals surface area contributed by atoms with Crippen LogP contribution in [0.5, 0.6) is 0 Å². The Kier molecular flexibility index (Phi) is 7.42. The molecule has 2 N–H and O–H groups in total. The molecule has 1 amide bonds. The van der Waals surface area contributed by atoms with Crippen molar-refractivity contribution in [2.75, 3.05) is 5.75 Å². The minimum absolute atomic E-state index is 0.102. The van der Waals surface area contributed by atoms with Gasteiger partial charge in [0.2, 0.25) is 5.91 Å². The highest BCUT2D eigenvalue weighted by Crippen LogP contribution is 2.37. The maximum Gasteiger partial charge on any atom is 0.293 e. The molecule has 0 unspecified atom stereocenters. The van der Waals surface area contributed by atoms with Crippen molar-refractivity contribution in [1.29, 1.82) is 0 Å². The number of nitrogens with one attached hydrogen (secondary N) is 1. The normalized spacial score (nSPS) is 31.0. The fourth-order valence-electron chi connectivity index (χ4n) is 3.15. The minimum atomic E-state index is -1.06. The van der Waals surface area contributed by atoms with Gasteiger partial charge in [-0.15, -0.1) is 0 Å². The van der Waals surface area contributed by atoms with Crippen LogP contribution < -0.4 is 5.32 Å². The molecular weight excluding hydrogens is 302 g/mol. The molecule has 0 bridgehead atoms. The van der Waals surface area contributed by atoms with E-state index >= 15 is 0 Å². The van der Waals surface area contributed by atoms with Crippen LogP contribution in [-0.2, 0) is 14.3 Å². The third kappa shape index (κ3) is 3.84. The van der Waals surface area contributed by atoms with Crippen molar-refractivity contribution in [1.82, 2.24) is 5.32 Å². The number of hydrogen-bond acceptors (Lipinski definition) is 5. The number of aliphatic hydroxyl groups excluding tert-OH is 1. The summed E-state index contributed by atoms with van der Waals surface area (Å²) in [6.07, 6.45) is 5.25. The molecule has 0 radical (unpaired) electrons. The van der Waals surface area contributed by atoms with Gasteiger partial charge in [-0.05, 0) is 31.9 Å². The molecule has 1 aliphatic rings. The second-order valence-corrected chi connectivity index (χ2v) is 6.30. The Bertz CT molecular complexity index is 415.